The number of ether oxygens (including phenoxy) is 1. The minimum absolute atomic E-state index is 0.0511. The summed E-state index contributed by atoms with van der Waals surface area (Å²) in [5.74, 6) is -1.18. The van der Waals surface area contributed by atoms with Crippen LogP contribution in [0.15, 0.2) is 24.8 Å². The molecule has 0 radical (unpaired) electrons. The number of methoxy groups -OCH3 is 1. The van der Waals surface area contributed by atoms with E-state index in [1.807, 2.05) is 0 Å². The number of nitrogen functional groups attached to an aromatic ring is 1. The van der Waals surface area contributed by atoms with Crippen molar-refractivity contribution in [3.05, 3.63) is 36.2 Å². The minimum Gasteiger partial charge on any atom is -0.382 e. The van der Waals surface area contributed by atoms with Gasteiger partial charge in [0, 0.05) is 13.7 Å². The Balaban J connectivity index is 1.74. The van der Waals surface area contributed by atoms with Crippen LogP contribution in [0.1, 0.15) is 36.5 Å². The smallest absolute Gasteiger partial charge is 0.263 e. The highest BCUT2D eigenvalue weighted by Gasteiger charge is 2.21. The first-order valence-electron chi connectivity index (χ1n) is 9.21. The SMILES string of the molecule is CCCC(CCNc1cnncc1NC(=O)c1c(N)nn2cc(F)cnc12)OC. The average molecular weight is 402 g/mol. The summed E-state index contributed by atoms with van der Waals surface area (Å²) in [7, 11) is 1.69. The average Bonchev–Trinajstić information content (AvgIpc) is 3.03. The van der Waals surface area contributed by atoms with Crippen molar-refractivity contribution in [2.24, 2.45) is 0 Å². The highest BCUT2D eigenvalue weighted by Crippen LogP contribution is 2.23. The third kappa shape index (κ3) is 4.74. The second-order valence-corrected chi connectivity index (χ2v) is 6.43. The number of rotatable bonds is 9. The lowest BCUT2D eigenvalue weighted by Crippen LogP contribution is -2.18. The fourth-order valence-corrected chi connectivity index (χ4v) is 2.96. The van der Waals surface area contributed by atoms with E-state index in [4.69, 9.17) is 10.5 Å². The van der Waals surface area contributed by atoms with Crippen molar-refractivity contribution < 1.29 is 13.9 Å². The number of carbonyl (C=O) groups excluding carboxylic acids is 1. The second kappa shape index (κ2) is 9.24. The van der Waals surface area contributed by atoms with Crippen molar-refractivity contribution >= 4 is 28.7 Å². The Morgan fingerprint density at radius 2 is 2.03 bits per heavy atom. The third-order valence-electron chi connectivity index (χ3n) is 4.40. The summed E-state index contributed by atoms with van der Waals surface area (Å²) >= 11 is 0. The van der Waals surface area contributed by atoms with E-state index in [0.29, 0.717) is 17.9 Å². The van der Waals surface area contributed by atoms with Crippen molar-refractivity contribution in [3.8, 4) is 0 Å². The predicted molar refractivity (Wildman–Crippen MR) is 106 cm³/mol. The zero-order valence-electron chi connectivity index (χ0n) is 16.2. The summed E-state index contributed by atoms with van der Waals surface area (Å²) in [6, 6.07) is 0. The quantitative estimate of drug-likeness (QED) is 0.496. The molecule has 1 atom stereocenters. The van der Waals surface area contributed by atoms with Crippen molar-refractivity contribution in [2.45, 2.75) is 32.3 Å². The summed E-state index contributed by atoms with van der Waals surface area (Å²) in [6.07, 6.45) is 8.00. The highest BCUT2D eigenvalue weighted by atomic mass is 19.1. The number of aromatic nitrogens is 5. The van der Waals surface area contributed by atoms with E-state index in [9.17, 15) is 9.18 Å². The Morgan fingerprint density at radius 3 is 2.76 bits per heavy atom. The highest BCUT2D eigenvalue weighted by molar-refractivity contribution is 6.12. The van der Waals surface area contributed by atoms with Gasteiger partial charge in [0.05, 0.1) is 42.3 Å². The van der Waals surface area contributed by atoms with Gasteiger partial charge in [0.2, 0.25) is 0 Å². The maximum absolute atomic E-state index is 13.3. The molecule has 3 aromatic heterocycles. The fraction of sp³-hybridized carbons (Fsp3) is 0.389. The lowest BCUT2D eigenvalue weighted by molar-refractivity contribution is 0.0903. The number of carbonyl (C=O) groups is 1. The zero-order chi connectivity index (χ0) is 20.8. The summed E-state index contributed by atoms with van der Waals surface area (Å²) in [4.78, 5) is 16.7. The second-order valence-electron chi connectivity index (χ2n) is 6.43. The molecule has 154 valence electrons. The molecular weight excluding hydrogens is 379 g/mol. The molecule has 3 aromatic rings. The van der Waals surface area contributed by atoms with Gasteiger partial charge in [-0.2, -0.15) is 10.2 Å². The van der Waals surface area contributed by atoms with Gasteiger partial charge in [0.25, 0.3) is 5.91 Å². The number of amides is 1. The summed E-state index contributed by atoms with van der Waals surface area (Å²) in [6.45, 7) is 2.74. The normalized spacial score (nSPS) is 12.1. The van der Waals surface area contributed by atoms with Gasteiger partial charge in [-0.25, -0.2) is 13.9 Å². The number of nitrogens with two attached hydrogens (primary N) is 1. The Labute approximate surface area is 166 Å². The summed E-state index contributed by atoms with van der Waals surface area (Å²) in [5.41, 5.74) is 7.08. The Morgan fingerprint density at radius 1 is 1.28 bits per heavy atom. The van der Waals surface area contributed by atoms with Crippen LogP contribution in [-0.2, 0) is 4.74 Å². The topological polar surface area (TPSA) is 132 Å². The molecule has 0 spiro atoms. The van der Waals surface area contributed by atoms with Crippen molar-refractivity contribution in [3.63, 3.8) is 0 Å². The first kappa shape index (κ1) is 20.4. The molecule has 0 aliphatic carbocycles. The number of hydrogen-bond acceptors (Lipinski definition) is 8. The van der Waals surface area contributed by atoms with Gasteiger partial charge in [0.15, 0.2) is 17.3 Å². The number of fused-ring (bicyclic) bond motifs is 1. The first-order chi connectivity index (χ1) is 14.0. The van der Waals surface area contributed by atoms with E-state index < -0.39 is 11.7 Å². The molecule has 4 N–H and O–H groups in total. The molecule has 0 saturated heterocycles. The molecular formula is C18H23FN8O2. The Kier molecular flexibility index (Phi) is 6.50. The van der Waals surface area contributed by atoms with E-state index in [2.05, 4.69) is 37.8 Å². The van der Waals surface area contributed by atoms with Crippen LogP contribution in [0.3, 0.4) is 0 Å². The number of halogens is 1. The number of nitrogens with one attached hydrogen (secondary N) is 2. The van der Waals surface area contributed by atoms with Crippen molar-refractivity contribution in [1.29, 1.82) is 0 Å². The molecule has 0 fully saturated rings. The standard InChI is InChI=1S/C18H23FN8O2/c1-3-4-12(29-2)5-6-21-13-8-23-24-9-14(13)25-18(28)15-16(20)26-27-10-11(19)7-22-17(15)27/h7-10,12H,3-6H2,1-2H3,(H2,20,26)(H,21,24)(H,23,25,28). The molecule has 0 aromatic carbocycles. The lowest BCUT2D eigenvalue weighted by atomic mass is 10.1. The molecule has 29 heavy (non-hydrogen) atoms. The van der Waals surface area contributed by atoms with E-state index in [0.717, 1.165) is 36.2 Å². The Hall–Kier alpha value is -3.34. The third-order valence-corrected chi connectivity index (χ3v) is 4.40. The minimum atomic E-state index is -0.589. The van der Waals surface area contributed by atoms with Crippen LogP contribution in [0.4, 0.5) is 21.6 Å². The first-order valence-corrected chi connectivity index (χ1v) is 9.21. The van der Waals surface area contributed by atoms with Crippen LogP contribution in [0.2, 0.25) is 0 Å². The molecule has 0 bridgehead atoms. The van der Waals surface area contributed by atoms with Gasteiger partial charge in [-0.1, -0.05) is 13.3 Å². The van der Waals surface area contributed by atoms with Gasteiger partial charge in [-0.05, 0) is 12.8 Å². The maximum atomic E-state index is 13.3. The van der Waals surface area contributed by atoms with Gasteiger partial charge in [-0.15, -0.1) is 5.10 Å². The van der Waals surface area contributed by atoms with E-state index in [1.165, 1.54) is 12.4 Å². The Bertz CT molecular complexity index is 993. The molecule has 11 heteroatoms. The van der Waals surface area contributed by atoms with Crippen LogP contribution in [0.25, 0.3) is 5.65 Å². The predicted octanol–water partition coefficient (Wildman–Crippen LogP) is 2.11. The van der Waals surface area contributed by atoms with E-state index in [1.54, 1.807) is 7.11 Å². The van der Waals surface area contributed by atoms with Gasteiger partial charge < -0.3 is 21.1 Å². The molecule has 0 saturated carbocycles. The zero-order valence-corrected chi connectivity index (χ0v) is 16.2. The van der Waals surface area contributed by atoms with Gasteiger partial charge >= 0.3 is 0 Å². The largest absolute Gasteiger partial charge is 0.382 e. The number of anilines is 3. The molecule has 3 rings (SSSR count). The van der Waals surface area contributed by atoms with Crippen LogP contribution >= 0.6 is 0 Å². The van der Waals surface area contributed by atoms with Gasteiger partial charge in [0.1, 0.15) is 5.56 Å². The van der Waals surface area contributed by atoms with Crippen LogP contribution < -0.4 is 16.4 Å². The number of nitrogens with zero attached hydrogens (tertiary/aromatic N) is 5. The van der Waals surface area contributed by atoms with Gasteiger partial charge in [-0.3, -0.25) is 4.79 Å². The van der Waals surface area contributed by atoms with Crippen LogP contribution in [0.5, 0.6) is 0 Å². The van der Waals surface area contributed by atoms with Crippen molar-refractivity contribution in [1.82, 2.24) is 24.8 Å². The monoisotopic (exact) mass is 402 g/mol. The maximum Gasteiger partial charge on any atom is 0.263 e. The van der Waals surface area contributed by atoms with E-state index >= 15 is 0 Å². The van der Waals surface area contributed by atoms with Crippen LogP contribution in [0, 0.1) is 5.82 Å². The number of hydrogen-bond donors (Lipinski definition) is 3. The lowest BCUT2D eigenvalue weighted by Gasteiger charge is -2.16. The molecule has 1 unspecified atom stereocenters. The fourth-order valence-electron chi connectivity index (χ4n) is 2.96. The molecule has 0 aliphatic heterocycles. The molecule has 1 amide bonds. The van der Waals surface area contributed by atoms with E-state index in [-0.39, 0.29) is 23.1 Å². The molecule has 0 aliphatic rings. The molecule has 10 nitrogen and oxygen atoms in total. The summed E-state index contributed by atoms with van der Waals surface area (Å²) in [5, 5.41) is 17.6. The van der Waals surface area contributed by atoms with Crippen molar-refractivity contribution in [2.75, 3.05) is 30.0 Å². The molecule has 3 heterocycles. The van der Waals surface area contributed by atoms with Crippen LogP contribution in [-0.4, -0.2) is 50.5 Å². The summed E-state index contributed by atoms with van der Waals surface area (Å²) < 4.78 is 19.9.